The number of unbranched alkanes of at least 4 members (excludes halogenated alkanes) is 22. The molecule has 0 aliphatic heterocycles. The number of hydrogen-bond donors (Lipinski definition) is 0. The van der Waals surface area contributed by atoms with Crippen LogP contribution in [0.4, 0.5) is 0 Å². The highest BCUT2D eigenvalue weighted by Gasteiger charge is 2.19. The van der Waals surface area contributed by atoms with E-state index in [2.05, 4.69) is 93.7 Å². The van der Waals surface area contributed by atoms with E-state index in [0.29, 0.717) is 19.3 Å². The molecule has 1 unspecified atom stereocenters. The van der Waals surface area contributed by atoms with E-state index in [1.165, 1.54) is 70.6 Å². The molecule has 0 N–H and O–H groups in total. The molecule has 0 spiro atoms. The van der Waals surface area contributed by atoms with Gasteiger partial charge >= 0.3 is 17.9 Å². The van der Waals surface area contributed by atoms with E-state index in [4.69, 9.17) is 14.2 Å². The first-order chi connectivity index (χ1) is 32.5. The van der Waals surface area contributed by atoms with Crippen LogP contribution < -0.4 is 0 Å². The van der Waals surface area contributed by atoms with Crippen molar-refractivity contribution in [2.24, 2.45) is 0 Å². The molecule has 0 saturated carbocycles. The number of ether oxygens (including phenoxy) is 3. The molecule has 0 aromatic rings. The van der Waals surface area contributed by atoms with Gasteiger partial charge in [0.25, 0.3) is 0 Å². The number of rotatable bonds is 46. The SMILES string of the molecule is CC\C=C/C=C\C=C/C=C\C=C/CCCCCC(=O)OC(COC(=O)CCCCCCC\C=C/C=C\C=C/CCCCCCC)COC(=O)CCCCCCCC/C=C\C=C/CCCCC. The van der Waals surface area contributed by atoms with Gasteiger partial charge in [-0.2, -0.15) is 0 Å². The summed E-state index contributed by atoms with van der Waals surface area (Å²) in [5.41, 5.74) is 0. The Morgan fingerprint density at radius 2 is 0.591 bits per heavy atom. The van der Waals surface area contributed by atoms with Gasteiger partial charge in [0.2, 0.25) is 0 Å². The predicted molar refractivity (Wildman–Crippen MR) is 283 cm³/mol. The van der Waals surface area contributed by atoms with Crippen molar-refractivity contribution in [3.05, 3.63) is 122 Å². The average Bonchev–Trinajstić information content (AvgIpc) is 3.31. The fraction of sp³-hybridized carbons (Fsp3) is 0.617. The van der Waals surface area contributed by atoms with Crippen molar-refractivity contribution in [2.45, 2.75) is 226 Å². The molecule has 66 heavy (non-hydrogen) atoms. The third kappa shape index (κ3) is 50.8. The maximum atomic E-state index is 12.8. The second-order valence-electron chi connectivity index (χ2n) is 17.3. The maximum Gasteiger partial charge on any atom is 0.306 e. The van der Waals surface area contributed by atoms with Gasteiger partial charge in [0, 0.05) is 19.3 Å². The molecule has 0 heterocycles. The summed E-state index contributed by atoms with van der Waals surface area (Å²) >= 11 is 0. The Labute approximate surface area is 405 Å². The van der Waals surface area contributed by atoms with E-state index < -0.39 is 6.10 Å². The van der Waals surface area contributed by atoms with Gasteiger partial charge in [-0.15, -0.1) is 0 Å². The Bertz CT molecular complexity index is 1420. The van der Waals surface area contributed by atoms with Crippen molar-refractivity contribution in [1.82, 2.24) is 0 Å². The molecule has 6 nitrogen and oxygen atoms in total. The van der Waals surface area contributed by atoms with Crippen molar-refractivity contribution in [3.63, 3.8) is 0 Å². The summed E-state index contributed by atoms with van der Waals surface area (Å²) in [5.74, 6) is -0.991. The quantitative estimate of drug-likeness (QED) is 0.0262. The minimum atomic E-state index is -0.817. The molecule has 0 aliphatic rings. The molecule has 6 heteroatoms. The highest BCUT2D eigenvalue weighted by molar-refractivity contribution is 5.71. The molecule has 0 rings (SSSR count). The number of hydrogen-bond acceptors (Lipinski definition) is 6. The second kappa shape index (κ2) is 53.4. The van der Waals surface area contributed by atoms with Crippen LogP contribution in [0.3, 0.4) is 0 Å². The van der Waals surface area contributed by atoms with Crippen molar-refractivity contribution in [2.75, 3.05) is 13.2 Å². The molecule has 1 atom stereocenters. The van der Waals surface area contributed by atoms with Crippen LogP contribution in [0.1, 0.15) is 220 Å². The minimum absolute atomic E-state index is 0.112. The van der Waals surface area contributed by atoms with E-state index in [-0.39, 0.29) is 37.5 Å². The zero-order valence-corrected chi connectivity index (χ0v) is 42.4. The van der Waals surface area contributed by atoms with E-state index >= 15 is 0 Å². The molecule has 0 aromatic carbocycles. The summed E-state index contributed by atoms with van der Waals surface area (Å²) in [6.07, 6.45) is 73.2. The van der Waals surface area contributed by atoms with Crippen molar-refractivity contribution >= 4 is 17.9 Å². The lowest BCUT2D eigenvalue weighted by atomic mass is 10.1. The summed E-state index contributed by atoms with van der Waals surface area (Å²) in [4.78, 5) is 38.0. The molecule has 0 amide bonds. The summed E-state index contributed by atoms with van der Waals surface area (Å²) in [6.45, 7) is 6.37. The lowest BCUT2D eigenvalue weighted by Crippen LogP contribution is -2.30. The van der Waals surface area contributed by atoms with Crippen LogP contribution in [0, 0.1) is 0 Å². The fourth-order valence-corrected chi connectivity index (χ4v) is 6.87. The standard InChI is InChI=1S/C60H96O6/c1-4-7-10-13-16-19-22-25-28-29-30-33-35-38-41-44-47-50-53-59(62)65-56-57(66-60(63)54-51-48-45-42-39-36-32-27-24-21-18-15-12-9-6-3)55-64-58(61)52-49-46-43-40-37-34-31-26-23-20-17-14-11-8-5-2/h9,12,15,17-18,20-30,32-33,36,39,57H,4-8,10-11,13-14,16,19,31,34-35,37-38,40-56H2,1-3H3/b12-9-,18-15-,20-17-,24-21-,25-22-,26-23-,29-28-,32-27-,33-30-,39-36-. The summed E-state index contributed by atoms with van der Waals surface area (Å²) in [7, 11) is 0. The second-order valence-corrected chi connectivity index (χ2v) is 17.3. The highest BCUT2D eigenvalue weighted by Crippen LogP contribution is 2.13. The molecule has 372 valence electrons. The van der Waals surface area contributed by atoms with Crippen LogP contribution in [-0.4, -0.2) is 37.2 Å². The molecule has 0 fully saturated rings. The first kappa shape index (κ1) is 61.8. The Hall–Kier alpha value is -4.19. The van der Waals surface area contributed by atoms with E-state index in [1.54, 1.807) is 0 Å². The predicted octanol–water partition coefficient (Wildman–Crippen LogP) is 17.7. The fourth-order valence-electron chi connectivity index (χ4n) is 6.87. The Morgan fingerprint density at radius 3 is 0.985 bits per heavy atom. The minimum Gasteiger partial charge on any atom is -0.462 e. The monoisotopic (exact) mass is 913 g/mol. The smallest absolute Gasteiger partial charge is 0.306 e. The van der Waals surface area contributed by atoms with Crippen molar-refractivity contribution in [1.29, 1.82) is 0 Å². The molecule has 0 aromatic heterocycles. The van der Waals surface area contributed by atoms with Crippen molar-refractivity contribution < 1.29 is 28.6 Å². The summed E-state index contributed by atoms with van der Waals surface area (Å²) in [5, 5.41) is 0. The van der Waals surface area contributed by atoms with Crippen LogP contribution in [0.25, 0.3) is 0 Å². The lowest BCUT2D eigenvalue weighted by molar-refractivity contribution is -0.167. The number of carbonyl (C=O) groups is 3. The van der Waals surface area contributed by atoms with Gasteiger partial charge in [-0.1, -0.05) is 232 Å². The van der Waals surface area contributed by atoms with Crippen LogP contribution in [0.15, 0.2) is 122 Å². The Balaban J connectivity index is 4.54. The third-order valence-corrected chi connectivity index (χ3v) is 10.9. The average molecular weight is 913 g/mol. The zero-order valence-electron chi connectivity index (χ0n) is 42.4. The zero-order chi connectivity index (χ0) is 47.9. The van der Waals surface area contributed by atoms with E-state index in [0.717, 1.165) is 103 Å². The Morgan fingerprint density at radius 1 is 0.318 bits per heavy atom. The van der Waals surface area contributed by atoms with Crippen LogP contribution in [0.5, 0.6) is 0 Å². The molecular formula is C60H96O6. The first-order valence-corrected chi connectivity index (χ1v) is 26.7. The highest BCUT2D eigenvalue weighted by atomic mass is 16.6. The molecule has 0 saturated heterocycles. The van der Waals surface area contributed by atoms with Crippen molar-refractivity contribution in [3.8, 4) is 0 Å². The number of esters is 3. The van der Waals surface area contributed by atoms with Crippen LogP contribution in [-0.2, 0) is 28.6 Å². The molecular weight excluding hydrogens is 817 g/mol. The molecule has 0 radical (unpaired) electrons. The van der Waals surface area contributed by atoms with Gasteiger partial charge in [-0.05, 0) is 89.9 Å². The van der Waals surface area contributed by atoms with Crippen LogP contribution >= 0.6 is 0 Å². The van der Waals surface area contributed by atoms with Gasteiger partial charge in [0.1, 0.15) is 13.2 Å². The van der Waals surface area contributed by atoms with Gasteiger partial charge in [0.15, 0.2) is 6.10 Å². The maximum absolute atomic E-state index is 12.8. The van der Waals surface area contributed by atoms with Gasteiger partial charge < -0.3 is 14.2 Å². The number of allylic oxidation sites excluding steroid dienone is 20. The molecule has 0 bridgehead atoms. The van der Waals surface area contributed by atoms with E-state index in [1.807, 2.05) is 48.6 Å². The lowest BCUT2D eigenvalue weighted by Gasteiger charge is -2.18. The molecule has 0 aliphatic carbocycles. The summed E-state index contributed by atoms with van der Waals surface area (Å²) in [6, 6.07) is 0. The van der Waals surface area contributed by atoms with E-state index in [9.17, 15) is 14.4 Å². The normalized spacial score (nSPS) is 13.1. The topological polar surface area (TPSA) is 78.9 Å². The first-order valence-electron chi connectivity index (χ1n) is 26.7. The van der Waals surface area contributed by atoms with Gasteiger partial charge in [0.05, 0.1) is 0 Å². The van der Waals surface area contributed by atoms with Crippen LogP contribution in [0.2, 0.25) is 0 Å². The Kier molecular flexibility index (Phi) is 50.0. The summed E-state index contributed by atoms with van der Waals surface area (Å²) < 4.78 is 16.8. The van der Waals surface area contributed by atoms with Gasteiger partial charge in [-0.3, -0.25) is 14.4 Å². The van der Waals surface area contributed by atoms with Gasteiger partial charge in [-0.25, -0.2) is 0 Å². The number of carbonyl (C=O) groups excluding carboxylic acids is 3. The largest absolute Gasteiger partial charge is 0.462 e. The third-order valence-electron chi connectivity index (χ3n) is 10.9.